The number of rotatable bonds is 5. The number of hydrogen-bond acceptors (Lipinski definition) is 5. The Kier molecular flexibility index (Phi) is 4.90. The fourth-order valence-electron chi connectivity index (χ4n) is 2.42. The molecule has 1 aromatic heterocycles. The average molecular weight is 363 g/mol. The predicted molar refractivity (Wildman–Crippen MR) is 91.7 cm³/mol. The zero-order chi connectivity index (χ0) is 15.4. The molecule has 1 aliphatic heterocycles. The Bertz CT molecular complexity index is 644. The van der Waals surface area contributed by atoms with Crippen LogP contribution in [0.4, 0.5) is 17.5 Å². The minimum absolute atomic E-state index is 0.287. The minimum atomic E-state index is 0.287. The van der Waals surface area contributed by atoms with Crippen LogP contribution in [0.1, 0.15) is 18.5 Å². The Hall–Kier alpha value is -1.66. The van der Waals surface area contributed by atoms with Crippen molar-refractivity contribution in [3.05, 3.63) is 40.5 Å². The van der Waals surface area contributed by atoms with Crippen molar-refractivity contribution in [2.45, 2.75) is 25.9 Å². The zero-order valence-electron chi connectivity index (χ0n) is 12.5. The van der Waals surface area contributed by atoms with Gasteiger partial charge in [-0.3, -0.25) is 0 Å². The van der Waals surface area contributed by atoms with Crippen LogP contribution in [0.3, 0.4) is 0 Å². The number of benzene rings is 1. The molecular weight excluding hydrogens is 344 g/mol. The van der Waals surface area contributed by atoms with Gasteiger partial charge in [0.25, 0.3) is 0 Å². The molecule has 0 saturated carbocycles. The molecule has 0 aliphatic carbocycles. The van der Waals surface area contributed by atoms with Gasteiger partial charge in [-0.1, -0.05) is 12.1 Å². The van der Waals surface area contributed by atoms with Gasteiger partial charge in [0.05, 0.1) is 11.8 Å². The van der Waals surface area contributed by atoms with E-state index in [9.17, 15) is 0 Å². The maximum atomic E-state index is 5.62. The predicted octanol–water partition coefficient (Wildman–Crippen LogP) is 3.88. The van der Waals surface area contributed by atoms with Crippen molar-refractivity contribution in [3.63, 3.8) is 0 Å². The van der Waals surface area contributed by atoms with Crippen LogP contribution in [0.5, 0.6) is 0 Å². The van der Waals surface area contributed by atoms with Crippen LogP contribution < -0.4 is 10.6 Å². The molecule has 3 rings (SSSR count). The molecular formula is C16H19BrN4O. The molecule has 1 aromatic carbocycles. The van der Waals surface area contributed by atoms with E-state index >= 15 is 0 Å². The topological polar surface area (TPSA) is 59.1 Å². The summed E-state index contributed by atoms with van der Waals surface area (Å²) in [6, 6.07) is 9.85. The first kappa shape index (κ1) is 15.2. The molecule has 0 amide bonds. The van der Waals surface area contributed by atoms with Crippen molar-refractivity contribution >= 4 is 33.4 Å². The fraction of sp³-hybridized carbons (Fsp3) is 0.375. The summed E-state index contributed by atoms with van der Waals surface area (Å²) >= 11 is 3.52. The molecule has 0 bridgehead atoms. The molecule has 1 unspecified atom stereocenters. The molecule has 1 atom stereocenters. The normalized spacial score (nSPS) is 17.5. The van der Waals surface area contributed by atoms with E-state index in [-0.39, 0.29) is 6.10 Å². The number of hydrogen-bond donors (Lipinski definition) is 2. The first-order chi connectivity index (χ1) is 10.7. The average Bonchev–Trinajstić information content (AvgIpc) is 3.00. The molecule has 2 N–H and O–H groups in total. The summed E-state index contributed by atoms with van der Waals surface area (Å²) in [7, 11) is 0. The number of nitrogens with one attached hydrogen (secondary N) is 2. The van der Waals surface area contributed by atoms with Gasteiger partial charge in [0.15, 0.2) is 0 Å². The van der Waals surface area contributed by atoms with Gasteiger partial charge >= 0.3 is 0 Å². The Morgan fingerprint density at radius 2 is 2.18 bits per heavy atom. The third kappa shape index (κ3) is 3.96. The lowest BCUT2D eigenvalue weighted by Crippen LogP contribution is -2.19. The fourth-order valence-corrected chi connectivity index (χ4v) is 2.81. The third-order valence-corrected chi connectivity index (χ3v) is 4.20. The summed E-state index contributed by atoms with van der Waals surface area (Å²) in [5.74, 6) is 1.40. The Balaban J connectivity index is 1.70. The summed E-state index contributed by atoms with van der Waals surface area (Å²) in [6.07, 6.45) is 2.54. The summed E-state index contributed by atoms with van der Waals surface area (Å²) in [6.45, 7) is 3.61. The second kappa shape index (κ2) is 7.07. The van der Waals surface area contributed by atoms with Crippen LogP contribution in [0.15, 0.2) is 34.8 Å². The smallest absolute Gasteiger partial charge is 0.229 e. The van der Waals surface area contributed by atoms with E-state index in [2.05, 4.69) is 36.5 Å². The Morgan fingerprint density at radius 1 is 1.32 bits per heavy atom. The lowest BCUT2D eigenvalue weighted by atomic mass is 10.2. The molecule has 1 aliphatic rings. The number of aromatic nitrogens is 2. The van der Waals surface area contributed by atoms with E-state index in [0.29, 0.717) is 5.95 Å². The summed E-state index contributed by atoms with van der Waals surface area (Å²) < 4.78 is 6.60. The van der Waals surface area contributed by atoms with Gasteiger partial charge in [-0.25, -0.2) is 4.98 Å². The standard InChI is InChI=1S/C16H19BrN4O/c1-11-9-15(18-10-12-5-4-8-22-12)21-16(19-11)20-14-7-3-2-6-13(14)17/h2-3,6-7,9,12H,4-5,8,10H2,1H3,(H2,18,19,20,21). The van der Waals surface area contributed by atoms with E-state index in [1.807, 2.05) is 37.3 Å². The van der Waals surface area contributed by atoms with Gasteiger partial charge in [0.2, 0.25) is 5.95 Å². The SMILES string of the molecule is Cc1cc(NCC2CCCO2)nc(Nc2ccccc2Br)n1. The van der Waals surface area contributed by atoms with E-state index < -0.39 is 0 Å². The number of anilines is 3. The number of aryl methyl sites for hydroxylation is 1. The van der Waals surface area contributed by atoms with Crippen LogP contribution in [-0.4, -0.2) is 29.2 Å². The number of para-hydroxylation sites is 1. The second-order valence-electron chi connectivity index (χ2n) is 5.34. The molecule has 116 valence electrons. The number of halogens is 1. The summed E-state index contributed by atoms with van der Waals surface area (Å²) in [5.41, 5.74) is 1.86. The lowest BCUT2D eigenvalue weighted by Gasteiger charge is -2.13. The highest BCUT2D eigenvalue weighted by Crippen LogP contribution is 2.24. The molecule has 6 heteroatoms. The minimum Gasteiger partial charge on any atom is -0.376 e. The van der Waals surface area contributed by atoms with E-state index in [0.717, 1.165) is 47.7 Å². The monoisotopic (exact) mass is 362 g/mol. The van der Waals surface area contributed by atoms with Crippen LogP contribution in [-0.2, 0) is 4.74 Å². The van der Waals surface area contributed by atoms with Crippen molar-refractivity contribution < 1.29 is 4.74 Å². The Labute approximate surface area is 138 Å². The molecule has 22 heavy (non-hydrogen) atoms. The molecule has 1 fully saturated rings. The van der Waals surface area contributed by atoms with E-state index in [4.69, 9.17) is 4.74 Å². The largest absolute Gasteiger partial charge is 0.376 e. The zero-order valence-corrected chi connectivity index (χ0v) is 14.1. The number of ether oxygens (including phenoxy) is 1. The number of nitrogens with zero attached hydrogens (tertiary/aromatic N) is 2. The molecule has 0 spiro atoms. The quantitative estimate of drug-likeness (QED) is 0.844. The van der Waals surface area contributed by atoms with E-state index in [1.54, 1.807) is 0 Å². The highest BCUT2D eigenvalue weighted by molar-refractivity contribution is 9.10. The van der Waals surface area contributed by atoms with Gasteiger partial charge in [0.1, 0.15) is 5.82 Å². The molecule has 2 heterocycles. The summed E-state index contributed by atoms with van der Waals surface area (Å²) in [4.78, 5) is 8.96. The molecule has 0 radical (unpaired) electrons. The van der Waals surface area contributed by atoms with E-state index in [1.165, 1.54) is 0 Å². The summed E-state index contributed by atoms with van der Waals surface area (Å²) in [5, 5.41) is 6.58. The van der Waals surface area contributed by atoms with Crippen molar-refractivity contribution in [2.75, 3.05) is 23.8 Å². The van der Waals surface area contributed by atoms with Crippen LogP contribution in [0, 0.1) is 6.92 Å². The van der Waals surface area contributed by atoms with Crippen LogP contribution in [0.25, 0.3) is 0 Å². The van der Waals surface area contributed by atoms with Gasteiger partial charge in [0, 0.05) is 29.4 Å². The second-order valence-corrected chi connectivity index (χ2v) is 6.19. The van der Waals surface area contributed by atoms with Gasteiger partial charge in [-0.05, 0) is 47.8 Å². The lowest BCUT2D eigenvalue weighted by molar-refractivity contribution is 0.120. The maximum absolute atomic E-state index is 5.62. The highest BCUT2D eigenvalue weighted by atomic mass is 79.9. The van der Waals surface area contributed by atoms with Crippen LogP contribution >= 0.6 is 15.9 Å². The van der Waals surface area contributed by atoms with Crippen molar-refractivity contribution in [1.82, 2.24) is 9.97 Å². The van der Waals surface area contributed by atoms with Crippen molar-refractivity contribution in [2.24, 2.45) is 0 Å². The molecule has 5 nitrogen and oxygen atoms in total. The third-order valence-electron chi connectivity index (χ3n) is 3.51. The van der Waals surface area contributed by atoms with Crippen molar-refractivity contribution in [3.8, 4) is 0 Å². The van der Waals surface area contributed by atoms with Gasteiger partial charge in [-0.15, -0.1) is 0 Å². The highest BCUT2D eigenvalue weighted by Gasteiger charge is 2.15. The first-order valence-electron chi connectivity index (χ1n) is 7.43. The van der Waals surface area contributed by atoms with Crippen LogP contribution in [0.2, 0.25) is 0 Å². The molecule has 1 saturated heterocycles. The first-order valence-corrected chi connectivity index (χ1v) is 8.23. The van der Waals surface area contributed by atoms with Crippen molar-refractivity contribution in [1.29, 1.82) is 0 Å². The maximum Gasteiger partial charge on any atom is 0.229 e. The van der Waals surface area contributed by atoms with Gasteiger partial charge < -0.3 is 15.4 Å². The Morgan fingerprint density at radius 3 is 2.95 bits per heavy atom. The molecule has 2 aromatic rings. The van der Waals surface area contributed by atoms with Gasteiger partial charge in [-0.2, -0.15) is 4.98 Å².